The summed E-state index contributed by atoms with van der Waals surface area (Å²) >= 11 is 0. The normalized spacial score (nSPS) is 13.5. The largest absolute Gasteiger partial charge is 0.512 e. The number of rotatable bonds is 8. The Hall–Kier alpha value is -3.63. The molecule has 0 atom stereocenters. The maximum absolute atomic E-state index is 11.7. The fourth-order valence-electron chi connectivity index (χ4n) is 7.74. The van der Waals surface area contributed by atoms with E-state index < -0.39 is 8.07 Å². The number of ketones is 1. The molecule has 1 aromatic heterocycles. The van der Waals surface area contributed by atoms with Crippen LogP contribution in [0.4, 0.5) is 0 Å². The number of aliphatic hydroxyl groups excluding tert-OH is 1. The molecule has 0 amide bonds. The van der Waals surface area contributed by atoms with Gasteiger partial charge in [-0.05, 0) is 75.5 Å². The van der Waals surface area contributed by atoms with Crippen molar-refractivity contribution in [3.63, 3.8) is 0 Å². The number of carbonyl (C=O) groups excluding carboxylic acids is 1. The first-order valence-electron chi connectivity index (χ1n) is 18.2. The summed E-state index contributed by atoms with van der Waals surface area (Å²) in [5.74, 6) is 1.06. The van der Waals surface area contributed by atoms with Crippen molar-refractivity contribution in [3.8, 4) is 11.3 Å². The molecule has 1 aliphatic heterocycles. The van der Waals surface area contributed by atoms with Gasteiger partial charge in [-0.2, -0.15) is 0 Å². The Morgan fingerprint density at radius 1 is 0.780 bits per heavy atom. The summed E-state index contributed by atoms with van der Waals surface area (Å²) in [5.41, 5.74) is 3.70. The van der Waals surface area contributed by atoms with E-state index in [1.54, 1.807) is 0 Å². The molecule has 1 N–H and O–H groups in total. The number of carbonyl (C=O) groups is 1. The number of hydrogen-bond acceptors (Lipinski definition) is 3. The molecule has 7 rings (SSSR count). The van der Waals surface area contributed by atoms with Crippen LogP contribution >= 0.6 is 0 Å². The Kier molecular flexibility index (Phi) is 11.5. The Labute approximate surface area is 312 Å². The number of pyridine rings is 1. The van der Waals surface area contributed by atoms with E-state index in [0.717, 1.165) is 31.4 Å². The number of aliphatic hydroxyl groups is 1. The Balaban J connectivity index is 0.000000261. The molecule has 3 nitrogen and oxygen atoms in total. The maximum Gasteiger partial charge on any atom is 0.162 e. The van der Waals surface area contributed by atoms with Gasteiger partial charge in [0, 0.05) is 49.9 Å². The van der Waals surface area contributed by atoms with Crippen LogP contribution < -0.4 is 10.4 Å². The fraction of sp³-hybridized carbons (Fsp3) is 0.333. The van der Waals surface area contributed by atoms with Crippen molar-refractivity contribution in [2.45, 2.75) is 86.2 Å². The standard InChI is InChI=1S/C32H26NSi.C13H24O2.Ir/c1-19(2)21-10-9-20-11-12-24-25-13-14-33-32-28-16-22-7-5-6-8-23(22)17-29(28)34(3,4)30(31(25)32)18-27(24)26(20)15-21;1-5-10(6-2)12(14)9-13(15)11(7-3)8-4;/h5-15,17-19H,1-4H3;9-11,14H,5-8H2,1-4H3;/q-1;;/b;12-9-;. The molecule has 1 radical (unpaired) electrons. The first-order chi connectivity index (χ1) is 23.5. The summed E-state index contributed by atoms with van der Waals surface area (Å²) in [6.45, 7) is 17.6. The van der Waals surface area contributed by atoms with Gasteiger partial charge in [-0.25, -0.2) is 0 Å². The fourth-order valence-corrected chi connectivity index (χ4v) is 10.7. The smallest absolute Gasteiger partial charge is 0.162 e. The number of hydrogen-bond donors (Lipinski definition) is 1. The summed E-state index contributed by atoms with van der Waals surface area (Å²) in [6.07, 6.45) is 6.89. The van der Waals surface area contributed by atoms with Gasteiger partial charge in [0.05, 0.1) is 13.8 Å². The van der Waals surface area contributed by atoms with E-state index in [1.165, 1.54) is 70.7 Å². The molecule has 0 fully saturated rings. The van der Waals surface area contributed by atoms with Gasteiger partial charge in [-0.15, -0.1) is 28.8 Å². The zero-order chi connectivity index (χ0) is 35.0. The van der Waals surface area contributed by atoms with Gasteiger partial charge in [-0.1, -0.05) is 125 Å². The number of nitrogens with zero attached hydrogens (tertiary/aromatic N) is 1. The Morgan fingerprint density at radius 2 is 1.46 bits per heavy atom. The number of fused-ring (bicyclic) bond motifs is 7. The Morgan fingerprint density at radius 3 is 2.14 bits per heavy atom. The quantitative estimate of drug-likeness (QED) is 0.0545. The third-order valence-electron chi connectivity index (χ3n) is 11.0. The van der Waals surface area contributed by atoms with E-state index in [-0.39, 0.29) is 43.5 Å². The van der Waals surface area contributed by atoms with Crippen LogP contribution in [0.25, 0.3) is 54.3 Å². The molecule has 1 aliphatic rings. The number of benzene rings is 5. The second-order valence-electron chi connectivity index (χ2n) is 14.6. The predicted molar refractivity (Wildman–Crippen MR) is 213 cm³/mol. The minimum Gasteiger partial charge on any atom is -0.512 e. The van der Waals surface area contributed by atoms with Crippen LogP contribution in [0.2, 0.25) is 13.1 Å². The number of allylic oxidation sites excluding steroid dienone is 2. The maximum atomic E-state index is 11.7. The van der Waals surface area contributed by atoms with Crippen molar-refractivity contribution in [1.82, 2.24) is 4.98 Å². The second kappa shape index (κ2) is 15.3. The molecule has 6 aromatic rings. The van der Waals surface area contributed by atoms with E-state index in [2.05, 4.69) is 106 Å². The molecule has 0 saturated heterocycles. The van der Waals surface area contributed by atoms with Crippen LogP contribution in [0, 0.1) is 17.9 Å². The van der Waals surface area contributed by atoms with E-state index in [9.17, 15) is 9.90 Å². The van der Waals surface area contributed by atoms with E-state index in [0.29, 0.717) is 5.92 Å². The zero-order valence-electron chi connectivity index (χ0n) is 30.8. The van der Waals surface area contributed by atoms with Crippen LogP contribution in [0.15, 0.2) is 90.8 Å². The zero-order valence-corrected chi connectivity index (χ0v) is 34.2. The van der Waals surface area contributed by atoms with Crippen LogP contribution in [-0.4, -0.2) is 23.9 Å². The molecular weight excluding hydrogens is 807 g/mol. The molecule has 0 saturated carbocycles. The molecule has 0 aliphatic carbocycles. The molecule has 5 aromatic carbocycles. The molecule has 0 bridgehead atoms. The third kappa shape index (κ3) is 6.73. The summed E-state index contributed by atoms with van der Waals surface area (Å²) in [7, 11) is -1.99. The van der Waals surface area contributed by atoms with E-state index >= 15 is 0 Å². The van der Waals surface area contributed by atoms with Crippen molar-refractivity contribution < 1.29 is 30.0 Å². The van der Waals surface area contributed by atoms with Crippen LogP contribution in [0.5, 0.6) is 0 Å². The molecule has 50 heavy (non-hydrogen) atoms. The first-order valence-corrected chi connectivity index (χ1v) is 21.2. The van der Waals surface area contributed by atoms with Crippen LogP contribution in [0.1, 0.15) is 78.7 Å². The van der Waals surface area contributed by atoms with Gasteiger partial charge < -0.3 is 5.11 Å². The Bertz CT molecular complexity index is 2230. The molecule has 2 heterocycles. The molecular formula is C45H50IrNO2Si-. The van der Waals surface area contributed by atoms with Gasteiger partial charge in [0.2, 0.25) is 0 Å². The molecule has 0 unspecified atom stereocenters. The van der Waals surface area contributed by atoms with E-state index in [4.69, 9.17) is 4.98 Å². The monoisotopic (exact) mass is 857 g/mol. The minimum absolute atomic E-state index is 0. The SMILES string of the molecule is CC(C)c1ccc2ccc3c4ccnc5c4c(cc3c2c1)[Si](C)(C)c1cc2ccccc2[c-]c1-5.CCC(CC)C(=O)/C=C(\O)C(CC)CC.[Ir]. The van der Waals surface area contributed by atoms with Crippen LogP contribution in [-0.2, 0) is 24.9 Å². The summed E-state index contributed by atoms with van der Waals surface area (Å²) in [6, 6.07) is 31.1. The van der Waals surface area contributed by atoms with Gasteiger partial charge in [0.25, 0.3) is 0 Å². The topological polar surface area (TPSA) is 50.2 Å². The number of aromatic nitrogens is 1. The summed E-state index contributed by atoms with van der Waals surface area (Å²) < 4.78 is 0. The summed E-state index contributed by atoms with van der Waals surface area (Å²) in [4.78, 5) is 16.7. The second-order valence-corrected chi connectivity index (χ2v) is 18.9. The van der Waals surface area contributed by atoms with Gasteiger partial charge >= 0.3 is 0 Å². The van der Waals surface area contributed by atoms with Gasteiger partial charge in [0.1, 0.15) is 0 Å². The van der Waals surface area contributed by atoms with Crippen molar-refractivity contribution in [2.24, 2.45) is 11.8 Å². The predicted octanol–water partition coefficient (Wildman–Crippen LogP) is 11.3. The van der Waals surface area contributed by atoms with Crippen LogP contribution in [0.3, 0.4) is 0 Å². The molecule has 261 valence electrons. The minimum atomic E-state index is -1.99. The molecule has 5 heteroatoms. The van der Waals surface area contributed by atoms with Gasteiger partial charge in [-0.3, -0.25) is 9.78 Å². The third-order valence-corrected chi connectivity index (χ3v) is 14.5. The average Bonchev–Trinajstić information content (AvgIpc) is 3.10. The summed E-state index contributed by atoms with van der Waals surface area (Å²) in [5, 5.41) is 23.2. The van der Waals surface area contributed by atoms with E-state index in [1.807, 2.05) is 33.9 Å². The van der Waals surface area contributed by atoms with Crippen molar-refractivity contribution in [2.75, 3.05) is 0 Å². The van der Waals surface area contributed by atoms with Crippen molar-refractivity contribution >= 4 is 67.3 Å². The molecule has 0 spiro atoms. The average molecular weight is 857 g/mol. The van der Waals surface area contributed by atoms with Gasteiger partial charge in [0.15, 0.2) is 5.78 Å². The van der Waals surface area contributed by atoms with Crippen molar-refractivity contribution in [1.29, 1.82) is 0 Å². The van der Waals surface area contributed by atoms with Crippen molar-refractivity contribution in [3.05, 3.63) is 102 Å². The first kappa shape index (κ1) is 37.6.